The third-order valence-electron chi connectivity index (χ3n) is 6.02. The molecule has 1 aromatic heterocycles. The van der Waals surface area contributed by atoms with Crippen LogP contribution in [0.2, 0.25) is 0 Å². The molecule has 1 aliphatic rings. The Morgan fingerprint density at radius 3 is 2.44 bits per heavy atom. The van der Waals surface area contributed by atoms with Crippen molar-refractivity contribution in [2.75, 3.05) is 26.2 Å². The SMILES string of the molecule is CC(C)c1ccc(C[NH+]2CCN(C(=O)/C=C/c3cn(Cc4ccccc4)nn3)CC2)cc1. The summed E-state index contributed by atoms with van der Waals surface area (Å²) in [5.74, 6) is 0.607. The molecule has 1 fully saturated rings. The molecule has 0 saturated carbocycles. The van der Waals surface area contributed by atoms with Crippen molar-refractivity contribution >= 4 is 12.0 Å². The second kappa shape index (κ2) is 10.4. The first-order valence-electron chi connectivity index (χ1n) is 11.4. The molecule has 0 radical (unpaired) electrons. The lowest BCUT2D eigenvalue weighted by Crippen LogP contribution is -3.13. The van der Waals surface area contributed by atoms with Crippen LogP contribution in [-0.2, 0) is 17.9 Å². The van der Waals surface area contributed by atoms with Crippen LogP contribution in [0.4, 0.5) is 0 Å². The minimum atomic E-state index is 0.0444. The van der Waals surface area contributed by atoms with E-state index in [9.17, 15) is 4.79 Å². The monoisotopic (exact) mass is 430 g/mol. The molecule has 6 nitrogen and oxygen atoms in total. The Balaban J connectivity index is 1.24. The van der Waals surface area contributed by atoms with Crippen LogP contribution in [0.5, 0.6) is 0 Å². The van der Waals surface area contributed by atoms with Crippen LogP contribution in [0.15, 0.2) is 66.9 Å². The third kappa shape index (κ3) is 5.92. The molecule has 0 spiro atoms. The van der Waals surface area contributed by atoms with Crippen molar-refractivity contribution in [1.29, 1.82) is 0 Å². The van der Waals surface area contributed by atoms with Gasteiger partial charge in [0.15, 0.2) is 0 Å². The molecule has 1 aliphatic heterocycles. The molecule has 2 heterocycles. The molecule has 2 aromatic carbocycles. The van der Waals surface area contributed by atoms with Crippen molar-refractivity contribution in [3.8, 4) is 0 Å². The van der Waals surface area contributed by atoms with Crippen molar-refractivity contribution < 1.29 is 9.69 Å². The van der Waals surface area contributed by atoms with Crippen LogP contribution in [0.3, 0.4) is 0 Å². The smallest absolute Gasteiger partial charge is 0.247 e. The number of aromatic nitrogens is 3. The van der Waals surface area contributed by atoms with Crippen molar-refractivity contribution in [1.82, 2.24) is 19.9 Å². The van der Waals surface area contributed by atoms with Gasteiger partial charge in [0.2, 0.25) is 5.91 Å². The van der Waals surface area contributed by atoms with E-state index in [1.54, 1.807) is 16.8 Å². The van der Waals surface area contributed by atoms with Gasteiger partial charge in [-0.3, -0.25) is 4.79 Å². The maximum atomic E-state index is 12.6. The molecule has 0 bridgehead atoms. The largest absolute Gasteiger partial charge is 0.328 e. The van der Waals surface area contributed by atoms with E-state index in [1.807, 2.05) is 29.3 Å². The van der Waals surface area contributed by atoms with E-state index in [1.165, 1.54) is 21.6 Å². The van der Waals surface area contributed by atoms with Gasteiger partial charge in [0.25, 0.3) is 0 Å². The Morgan fingerprint density at radius 1 is 1.03 bits per heavy atom. The zero-order valence-corrected chi connectivity index (χ0v) is 18.9. The van der Waals surface area contributed by atoms with Gasteiger partial charge in [-0.05, 0) is 23.1 Å². The summed E-state index contributed by atoms with van der Waals surface area (Å²) in [5.41, 5.74) is 4.61. The summed E-state index contributed by atoms with van der Waals surface area (Å²) in [6.45, 7) is 9.63. The number of nitrogens with zero attached hydrogens (tertiary/aromatic N) is 4. The average molecular weight is 431 g/mol. The highest BCUT2D eigenvalue weighted by Gasteiger charge is 2.22. The Kier molecular flexibility index (Phi) is 7.12. The van der Waals surface area contributed by atoms with Crippen LogP contribution in [-0.4, -0.2) is 52.0 Å². The number of carbonyl (C=O) groups is 1. The number of nitrogens with one attached hydrogen (secondary N) is 1. The summed E-state index contributed by atoms with van der Waals surface area (Å²) < 4.78 is 1.79. The number of piperazine rings is 1. The summed E-state index contributed by atoms with van der Waals surface area (Å²) in [4.78, 5) is 16.1. The predicted octanol–water partition coefficient (Wildman–Crippen LogP) is 2.39. The van der Waals surface area contributed by atoms with E-state index in [4.69, 9.17) is 0 Å². The number of benzene rings is 2. The highest BCUT2D eigenvalue weighted by atomic mass is 16.2. The minimum Gasteiger partial charge on any atom is -0.328 e. The molecule has 1 amide bonds. The van der Waals surface area contributed by atoms with E-state index in [0.29, 0.717) is 18.2 Å². The molecule has 0 unspecified atom stereocenters. The standard InChI is InChI=1S/C26H31N5O/c1-21(2)24-10-8-23(9-11-24)18-29-14-16-30(17-15-29)26(32)13-12-25-20-31(28-27-25)19-22-6-4-3-5-7-22/h3-13,20-21H,14-19H2,1-2H3/p+1/b13-12+. The van der Waals surface area contributed by atoms with Crippen LogP contribution in [0.1, 0.15) is 42.1 Å². The zero-order chi connectivity index (χ0) is 22.3. The van der Waals surface area contributed by atoms with Gasteiger partial charge in [-0.25, -0.2) is 4.68 Å². The average Bonchev–Trinajstić information content (AvgIpc) is 3.26. The number of rotatable bonds is 7. The van der Waals surface area contributed by atoms with Crippen molar-refractivity contribution in [2.45, 2.75) is 32.9 Å². The van der Waals surface area contributed by atoms with E-state index in [-0.39, 0.29) is 5.91 Å². The van der Waals surface area contributed by atoms with Gasteiger partial charge < -0.3 is 9.80 Å². The molecule has 1 N–H and O–H groups in total. The van der Waals surface area contributed by atoms with Gasteiger partial charge in [-0.1, -0.05) is 73.7 Å². The second-order valence-corrected chi connectivity index (χ2v) is 8.81. The van der Waals surface area contributed by atoms with Crippen molar-refractivity contribution in [3.05, 3.63) is 89.3 Å². The van der Waals surface area contributed by atoms with E-state index >= 15 is 0 Å². The second-order valence-electron chi connectivity index (χ2n) is 8.81. The first-order chi connectivity index (χ1) is 15.6. The first kappa shape index (κ1) is 22.0. The predicted molar refractivity (Wildman–Crippen MR) is 126 cm³/mol. The fraction of sp³-hybridized carbons (Fsp3) is 0.346. The Hall–Kier alpha value is -3.25. The normalized spacial score (nSPS) is 15.0. The molecule has 6 heteroatoms. The minimum absolute atomic E-state index is 0.0444. The van der Waals surface area contributed by atoms with Gasteiger partial charge in [-0.2, -0.15) is 0 Å². The number of carbonyl (C=O) groups excluding carboxylic acids is 1. The van der Waals surface area contributed by atoms with Gasteiger partial charge in [0.05, 0.1) is 38.9 Å². The van der Waals surface area contributed by atoms with Gasteiger partial charge in [0.1, 0.15) is 12.2 Å². The van der Waals surface area contributed by atoms with Gasteiger partial charge >= 0.3 is 0 Å². The zero-order valence-electron chi connectivity index (χ0n) is 18.9. The summed E-state index contributed by atoms with van der Waals surface area (Å²) in [6, 6.07) is 19.1. The lowest BCUT2D eigenvalue weighted by Gasteiger charge is -2.31. The van der Waals surface area contributed by atoms with Gasteiger partial charge in [-0.15, -0.1) is 5.10 Å². The van der Waals surface area contributed by atoms with Crippen LogP contribution in [0.25, 0.3) is 6.08 Å². The molecule has 32 heavy (non-hydrogen) atoms. The topological polar surface area (TPSA) is 55.5 Å². The maximum Gasteiger partial charge on any atom is 0.247 e. The summed E-state index contributed by atoms with van der Waals surface area (Å²) >= 11 is 0. The lowest BCUT2D eigenvalue weighted by molar-refractivity contribution is -0.917. The highest BCUT2D eigenvalue weighted by molar-refractivity contribution is 5.91. The molecule has 0 aliphatic carbocycles. The lowest BCUT2D eigenvalue weighted by atomic mass is 10.0. The Labute approximate surface area is 190 Å². The van der Waals surface area contributed by atoms with E-state index in [0.717, 1.165) is 32.7 Å². The van der Waals surface area contributed by atoms with Gasteiger partial charge in [0, 0.05) is 11.6 Å². The van der Waals surface area contributed by atoms with Crippen LogP contribution in [0, 0.1) is 0 Å². The van der Waals surface area contributed by atoms with E-state index in [2.05, 4.69) is 60.6 Å². The van der Waals surface area contributed by atoms with Crippen molar-refractivity contribution in [3.63, 3.8) is 0 Å². The molecule has 166 valence electrons. The number of amides is 1. The highest BCUT2D eigenvalue weighted by Crippen LogP contribution is 2.14. The molecule has 1 saturated heterocycles. The summed E-state index contributed by atoms with van der Waals surface area (Å²) in [6.07, 6.45) is 5.24. The number of hydrogen-bond donors (Lipinski definition) is 1. The summed E-state index contributed by atoms with van der Waals surface area (Å²) in [7, 11) is 0. The fourth-order valence-electron chi connectivity index (χ4n) is 4.03. The molecule has 4 rings (SSSR count). The quantitative estimate of drug-likeness (QED) is 0.586. The Bertz CT molecular complexity index is 1030. The molecule has 3 aromatic rings. The Morgan fingerprint density at radius 2 is 1.75 bits per heavy atom. The van der Waals surface area contributed by atoms with E-state index < -0.39 is 0 Å². The maximum absolute atomic E-state index is 12.6. The molecular formula is C26H32N5O+. The number of quaternary nitrogens is 1. The molecule has 0 atom stereocenters. The summed E-state index contributed by atoms with van der Waals surface area (Å²) in [5, 5.41) is 8.31. The fourth-order valence-corrected chi connectivity index (χ4v) is 4.03. The third-order valence-corrected chi connectivity index (χ3v) is 6.02. The van der Waals surface area contributed by atoms with Crippen LogP contribution < -0.4 is 4.90 Å². The van der Waals surface area contributed by atoms with Crippen molar-refractivity contribution in [2.24, 2.45) is 0 Å². The molecular weight excluding hydrogens is 398 g/mol. The van der Waals surface area contributed by atoms with Crippen LogP contribution >= 0.6 is 0 Å². The number of hydrogen-bond acceptors (Lipinski definition) is 3. The first-order valence-corrected chi connectivity index (χ1v) is 11.4.